The first-order chi connectivity index (χ1) is 13.6. The highest BCUT2D eigenvalue weighted by Crippen LogP contribution is 2.51. The number of hydrogen-bond acceptors (Lipinski definition) is 6. The summed E-state index contributed by atoms with van der Waals surface area (Å²) >= 11 is 0. The normalized spacial score (nSPS) is 28.1. The number of allylic oxidation sites excluding steroid dienone is 3. The fraction of sp³-hybridized carbons (Fsp3) is 0.773. The molecule has 0 amide bonds. The van der Waals surface area contributed by atoms with E-state index in [-0.39, 0.29) is 19.2 Å². The Balaban J connectivity index is 1.54. The van der Waals surface area contributed by atoms with Crippen molar-refractivity contribution in [3.8, 4) is 0 Å². The highest BCUT2D eigenvalue weighted by Gasteiger charge is 2.46. The average Bonchev–Trinajstić information content (AvgIpc) is 3.31. The zero-order valence-corrected chi connectivity index (χ0v) is 17.4. The second-order valence-corrected chi connectivity index (χ2v) is 8.00. The summed E-state index contributed by atoms with van der Waals surface area (Å²) in [6.45, 7) is 6.28. The molecule has 28 heavy (non-hydrogen) atoms. The lowest BCUT2D eigenvalue weighted by molar-refractivity contribution is -0.147. The van der Waals surface area contributed by atoms with Gasteiger partial charge in [0.05, 0.1) is 6.42 Å². The number of esters is 1. The van der Waals surface area contributed by atoms with Crippen molar-refractivity contribution >= 4 is 5.97 Å². The molecule has 0 spiro atoms. The zero-order valence-electron chi connectivity index (χ0n) is 17.4. The van der Waals surface area contributed by atoms with Gasteiger partial charge in [0, 0.05) is 6.54 Å². The number of aliphatic hydroxyl groups excluding tert-OH is 1. The summed E-state index contributed by atoms with van der Waals surface area (Å²) in [5.74, 6) is 3.32. The predicted molar refractivity (Wildman–Crippen MR) is 110 cm³/mol. The summed E-state index contributed by atoms with van der Waals surface area (Å²) in [6.07, 6.45) is 10.1. The van der Waals surface area contributed by atoms with Crippen molar-refractivity contribution in [3.63, 3.8) is 0 Å². The number of nitrogens with one attached hydrogen (secondary N) is 1. The van der Waals surface area contributed by atoms with Crippen molar-refractivity contribution in [1.29, 1.82) is 0 Å². The number of fused-ring (bicyclic) bond motifs is 2. The van der Waals surface area contributed by atoms with Crippen LogP contribution in [-0.4, -0.2) is 50.0 Å². The van der Waals surface area contributed by atoms with Crippen LogP contribution in [0.15, 0.2) is 24.0 Å². The lowest BCUT2D eigenvalue weighted by atomic mass is 9.79. The van der Waals surface area contributed by atoms with E-state index in [9.17, 15) is 9.90 Å². The van der Waals surface area contributed by atoms with Gasteiger partial charge in [-0.1, -0.05) is 13.0 Å². The maximum Gasteiger partial charge on any atom is 0.307 e. The van der Waals surface area contributed by atoms with Gasteiger partial charge in [0.1, 0.15) is 25.1 Å². The maximum atomic E-state index is 11.9. The van der Waals surface area contributed by atoms with Gasteiger partial charge in [-0.2, -0.15) is 0 Å². The van der Waals surface area contributed by atoms with Gasteiger partial charge in [-0.05, 0) is 81.5 Å². The lowest BCUT2D eigenvalue weighted by Gasteiger charge is -2.30. The van der Waals surface area contributed by atoms with E-state index < -0.39 is 6.10 Å². The molecule has 0 radical (unpaired) electrons. The van der Waals surface area contributed by atoms with Crippen molar-refractivity contribution in [1.82, 2.24) is 5.32 Å². The minimum absolute atomic E-state index is 0.0467. The molecule has 6 nitrogen and oxygen atoms in total. The third-order valence-electron chi connectivity index (χ3n) is 6.11. The summed E-state index contributed by atoms with van der Waals surface area (Å²) in [4.78, 5) is 11.9. The van der Waals surface area contributed by atoms with Crippen LogP contribution in [0, 0.1) is 23.7 Å². The molecule has 0 aromatic heterocycles. The van der Waals surface area contributed by atoms with Gasteiger partial charge in [-0.25, -0.2) is 0 Å². The second kappa shape index (κ2) is 12.2. The zero-order chi connectivity index (χ0) is 20.4. The number of carbonyl (C=O) groups is 1. The number of carbonyl (C=O) groups excluding carboxylic acids is 1. The van der Waals surface area contributed by atoms with Gasteiger partial charge in [0.25, 0.3) is 0 Å². The second-order valence-electron chi connectivity index (χ2n) is 8.00. The molecule has 0 aromatic carbocycles. The van der Waals surface area contributed by atoms with E-state index in [1.54, 1.807) is 0 Å². The molecule has 160 valence electrons. The third kappa shape index (κ3) is 6.90. The van der Waals surface area contributed by atoms with Gasteiger partial charge in [0.15, 0.2) is 0 Å². The quantitative estimate of drug-likeness (QED) is 0.192. The fourth-order valence-corrected chi connectivity index (χ4v) is 4.64. The van der Waals surface area contributed by atoms with E-state index in [0.717, 1.165) is 31.3 Å². The Kier molecular flexibility index (Phi) is 10.0. The summed E-state index contributed by atoms with van der Waals surface area (Å²) in [5, 5.41) is 13.3. The van der Waals surface area contributed by atoms with Crippen LogP contribution in [0.4, 0.5) is 0 Å². The highest BCUT2D eigenvalue weighted by atomic mass is 16.5. The molecule has 2 bridgehead atoms. The topological polar surface area (TPSA) is 93.8 Å². The molecule has 4 N–H and O–H groups in total. The van der Waals surface area contributed by atoms with Gasteiger partial charge in [0.2, 0.25) is 0 Å². The van der Waals surface area contributed by atoms with Crippen molar-refractivity contribution in [2.24, 2.45) is 29.4 Å². The first-order valence-corrected chi connectivity index (χ1v) is 10.8. The van der Waals surface area contributed by atoms with Crippen molar-refractivity contribution in [2.75, 3.05) is 32.8 Å². The largest absolute Gasteiger partial charge is 0.491 e. The first kappa shape index (κ1) is 22.9. The van der Waals surface area contributed by atoms with Crippen LogP contribution >= 0.6 is 0 Å². The van der Waals surface area contributed by atoms with Crippen molar-refractivity contribution in [2.45, 2.75) is 52.1 Å². The number of rotatable bonds is 13. The Morgan fingerprint density at radius 3 is 2.64 bits per heavy atom. The smallest absolute Gasteiger partial charge is 0.307 e. The molecule has 0 aromatic rings. The van der Waals surface area contributed by atoms with Gasteiger partial charge in [-0.3, -0.25) is 4.79 Å². The molecule has 5 atom stereocenters. The van der Waals surface area contributed by atoms with Crippen LogP contribution in [-0.2, 0) is 14.3 Å². The molecule has 6 heteroatoms. The molecule has 2 fully saturated rings. The van der Waals surface area contributed by atoms with Crippen LogP contribution in [0.1, 0.15) is 46.0 Å². The Morgan fingerprint density at radius 1 is 1.25 bits per heavy atom. The van der Waals surface area contributed by atoms with Crippen LogP contribution in [0.3, 0.4) is 0 Å². The lowest BCUT2D eigenvalue weighted by Crippen LogP contribution is -2.36. The van der Waals surface area contributed by atoms with E-state index in [1.807, 2.05) is 32.1 Å². The number of ether oxygens (including phenoxy) is 2. The molecule has 0 saturated heterocycles. The molecule has 0 heterocycles. The SMILES string of the molecule is C/C=C(\C=C/CC)OCC(O)COC(=O)CCNCC1C2CCC(C2)C1CN. The molecule has 0 aliphatic heterocycles. The molecule has 2 aliphatic rings. The average molecular weight is 395 g/mol. The number of aliphatic hydroxyl groups is 1. The minimum atomic E-state index is -0.832. The Labute approximate surface area is 169 Å². The van der Waals surface area contributed by atoms with E-state index in [4.69, 9.17) is 15.2 Å². The molecule has 5 unspecified atom stereocenters. The van der Waals surface area contributed by atoms with Crippen molar-refractivity contribution in [3.05, 3.63) is 24.0 Å². The van der Waals surface area contributed by atoms with E-state index >= 15 is 0 Å². The first-order valence-electron chi connectivity index (χ1n) is 10.8. The third-order valence-corrected chi connectivity index (χ3v) is 6.11. The molecule has 2 rings (SSSR count). The molecular weight excluding hydrogens is 356 g/mol. The summed E-state index contributed by atoms with van der Waals surface area (Å²) in [6, 6.07) is 0. The monoisotopic (exact) mass is 394 g/mol. The predicted octanol–water partition coefficient (Wildman–Crippen LogP) is 2.38. The van der Waals surface area contributed by atoms with Crippen LogP contribution < -0.4 is 11.1 Å². The Morgan fingerprint density at radius 2 is 1.96 bits per heavy atom. The number of hydrogen-bond donors (Lipinski definition) is 3. The van der Waals surface area contributed by atoms with E-state index in [0.29, 0.717) is 30.6 Å². The fourth-order valence-electron chi connectivity index (χ4n) is 4.64. The summed E-state index contributed by atoms with van der Waals surface area (Å²) in [5.41, 5.74) is 5.96. The Hall–Kier alpha value is -1.37. The summed E-state index contributed by atoms with van der Waals surface area (Å²) in [7, 11) is 0. The van der Waals surface area contributed by atoms with E-state index in [1.165, 1.54) is 19.3 Å². The molecule has 2 aliphatic carbocycles. The molecule has 2 saturated carbocycles. The molecular formula is C22H38N2O4. The standard InChI is InChI=1S/C22H38N2O4/c1-3-5-6-19(4-2)27-14-18(25)15-28-22(26)9-10-24-13-21-17-8-7-16(11-17)20(21)12-23/h4-6,16-18,20-21,24-25H,3,7-15,23H2,1-2H3/b6-5-,19-4+. The van der Waals surface area contributed by atoms with Gasteiger partial charge < -0.3 is 25.6 Å². The van der Waals surface area contributed by atoms with Crippen molar-refractivity contribution < 1.29 is 19.4 Å². The van der Waals surface area contributed by atoms with E-state index in [2.05, 4.69) is 5.32 Å². The Bertz CT molecular complexity index is 535. The van der Waals surface area contributed by atoms with Crippen LogP contribution in [0.2, 0.25) is 0 Å². The van der Waals surface area contributed by atoms with Crippen LogP contribution in [0.25, 0.3) is 0 Å². The minimum Gasteiger partial charge on any atom is -0.491 e. The maximum absolute atomic E-state index is 11.9. The van der Waals surface area contributed by atoms with Gasteiger partial charge >= 0.3 is 5.97 Å². The summed E-state index contributed by atoms with van der Waals surface area (Å²) < 4.78 is 10.6. The highest BCUT2D eigenvalue weighted by molar-refractivity contribution is 5.69. The van der Waals surface area contributed by atoms with Gasteiger partial charge in [-0.15, -0.1) is 0 Å². The van der Waals surface area contributed by atoms with Crippen LogP contribution in [0.5, 0.6) is 0 Å². The number of nitrogens with two attached hydrogens (primary N) is 1.